The van der Waals surface area contributed by atoms with Crippen molar-refractivity contribution in [2.24, 2.45) is 0 Å². The van der Waals surface area contributed by atoms with Gasteiger partial charge in [0.15, 0.2) is 5.78 Å². The molecule has 1 aliphatic carbocycles. The Morgan fingerprint density at radius 2 is 1.79 bits per heavy atom. The summed E-state index contributed by atoms with van der Waals surface area (Å²) in [4.78, 5) is 16.4. The highest BCUT2D eigenvalue weighted by Gasteiger charge is 2.23. The number of hydrogen-bond donors (Lipinski definition) is 0. The van der Waals surface area contributed by atoms with E-state index in [1.165, 1.54) is 0 Å². The van der Waals surface area contributed by atoms with Gasteiger partial charge in [0.05, 0.1) is 6.10 Å². The van der Waals surface area contributed by atoms with Crippen molar-refractivity contribution in [2.75, 3.05) is 0 Å². The summed E-state index contributed by atoms with van der Waals surface area (Å²) in [6, 6.07) is 11.0. The minimum absolute atomic E-state index is 0.00882. The standard InChI is InChI=1S/C16H15NO2/c1-11-2-3-13(10-17-11)16(18)12-4-6-14(7-5-12)19-15-8-9-15/h2-7,10,15H,8-9H2,1H3. The van der Waals surface area contributed by atoms with Crippen molar-refractivity contribution in [3.05, 3.63) is 59.4 Å². The highest BCUT2D eigenvalue weighted by molar-refractivity contribution is 6.08. The van der Waals surface area contributed by atoms with Crippen LogP contribution in [0.3, 0.4) is 0 Å². The Morgan fingerprint density at radius 1 is 1.11 bits per heavy atom. The second-order valence-corrected chi connectivity index (χ2v) is 4.86. The Balaban J connectivity index is 1.77. The average molecular weight is 253 g/mol. The van der Waals surface area contributed by atoms with Crippen molar-refractivity contribution in [2.45, 2.75) is 25.9 Å². The van der Waals surface area contributed by atoms with Crippen molar-refractivity contribution in [1.29, 1.82) is 0 Å². The Bertz CT molecular complexity index is 583. The number of rotatable bonds is 4. The largest absolute Gasteiger partial charge is 0.490 e. The number of carbonyl (C=O) groups is 1. The zero-order chi connectivity index (χ0) is 13.2. The maximum atomic E-state index is 12.2. The number of nitrogens with zero attached hydrogens (tertiary/aromatic N) is 1. The minimum atomic E-state index is -0.00882. The van der Waals surface area contributed by atoms with Gasteiger partial charge in [0.25, 0.3) is 0 Å². The van der Waals surface area contributed by atoms with Gasteiger partial charge in [-0.2, -0.15) is 0 Å². The summed E-state index contributed by atoms with van der Waals surface area (Å²) in [5.41, 5.74) is 2.18. The minimum Gasteiger partial charge on any atom is -0.490 e. The first kappa shape index (κ1) is 11.9. The fourth-order valence-electron chi connectivity index (χ4n) is 1.83. The van der Waals surface area contributed by atoms with Gasteiger partial charge in [-0.15, -0.1) is 0 Å². The van der Waals surface area contributed by atoms with Gasteiger partial charge < -0.3 is 4.74 Å². The van der Waals surface area contributed by atoms with Crippen LogP contribution in [-0.2, 0) is 0 Å². The maximum absolute atomic E-state index is 12.2. The van der Waals surface area contributed by atoms with Crippen molar-refractivity contribution in [3.63, 3.8) is 0 Å². The SMILES string of the molecule is Cc1ccc(C(=O)c2ccc(OC3CC3)cc2)cn1. The fraction of sp³-hybridized carbons (Fsp3) is 0.250. The predicted octanol–water partition coefficient (Wildman–Crippen LogP) is 3.16. The molecule has 0 bridgehead atoms. The first-order valence-electron chi connectivity index (χ1n) is 6.46. The molecule has 19 heavy (non-hydrogen) atoms. The molecule has 0 spiro atoms. The molecule has 1 aromatic carbocycles. The first-order chi connectivity index (χ1) is 9.22. The molecule has 3 nitrogen and oxygen atoms in total. The molecule has 0 atom stereocenters. The molecule has 0 unspecified atom stereocenters. The summed E-state index contributed by atoms with van der Waals surface area (Å²) in [5.74, 6) is 0.826. The zero-order valence-electron chi connectivity index (χ0n) is 10.8. The van der Waals surface area contributed by atoms with E-state index in [2.05, 4.69) is 4.98 Å². The third-order valence-electron chi connectivity index (χ3n) is 3.12. The molecule has 96 valence electrons. The predicted molar refractivity (Wildman–Crippen MR) is 72.5 cm³/mol. The number of benzene rings is 1. The van der Waals surface area contributed by atoms with Crippen LogP contribution in [0.2, 0.25) is 0 Å². The summed E-state index contributed by atoms with van der Waals surface area (Å²) >= 11 is 0. The van der Waals surface area contributed by atoms with E-state index in [9.17, 15) is 4.79 Å². The van der Waals surface area contributed by atoms with Gasteiger partial charge >= 0.3 is 0 Å². The van der Waals surface area contributed by atoms with Gasteiger partial charge in [-0.1, -0.05) is 0 Å². The maximum Gasteiger partial charge on any atom is 0.194 e. The lowest BCUT2D eigenvalue weighted by atomic mass is 10.0. The highest BCUT2D eigenvalue weighted by atomic mass is 16.5. The van der Waals surface area contributed by atoms with Crippen LogP contribution < -0.4 is 4.74 Å². The lowest BCUT2D eigenvalue weighted by Gasteiger charge is -2.05. The highest BCUT2D eigenvalue weighted by Crippen LogP contribution is 2.27. The molecular weight excluding hydrogens is 238 g/mol. The molecule has 0 radical (unpaired) electrons. The summed E-state index contributed by atoms with van der Waals surface area (Å²) in [7, 11) is 0. The van der Waals surface area contributed by atoms with Gasteiger partial charge in [0, 0.05) is 23.0 Å². The molecule has 1 fully saturated rings. The lowest BCUT2D eigenvalue weighted by molar-refractivity contribution is 0.103. The number of aromatic nitrogens is 1. The number of ketones is 1. The number of aryl methyl sites for hydroxylation is 1. The Morgan fingerprint density at radius 3 is 2.37 bits per heavy atom. The van der Waals surface area contributed by atoms with E-state index in [1.807, 2.05) is 25.1 Å². The number of hydrogen-bond acceptors (Lipinski definition) is 3. The molecule has 1 aliphatic rings. The molecule has 1 aromatic heterocycles. The molecular formula is C16H15NO2. The van der Waals surface area contributed by atoms with Gasteiger partial charge in [0.2, 0.25) is 0 Å². The molecule has 1 heterocycles. The molecule has 2 aromatic rings. The number of pyridine rings is 1. The van der Waals surface area contributed by atoms with Gasteiger partial charge in [-0.25, -0.2) is 0 Å². The van der Waals surface area contributed by atoms with E-state index in [0.29, 0.717) is 17.2 Å². The second-order valence-electron chi connectivity index (χ2n) is 4.86. The van der Waals surface area contributed by atoms with E-state index >= 15 is 0 Å². The lowest BCUT2D eigenvalue weighted by Crippen LogP contribution is -2.02. The fourth-order valence-corrected chi connectivity index (χ4v) is 1.83. The van der Waals surface area contributed by atoms with Gasteiger partial charge in [0.1, 0.15) is 5.75 Å². The van der Waals surface area contributed by atoms with Crippen LogP contribution in [0.1, 0.15) is 34.5 Å². The quantitative estimate of drug-likeness (QED) is 0.786. The molecule has 0 N–H and O–H groups in total. The molecule has 0 aliphatic heterocycles. The summed E-state index contributed by atoms with van der Waals surface area (Å²) < 4.78 is 5.66. The Hall–Kier alpha value is -2.16. The third kappa shape index (κ3) is 2.81. The summed E-state index contributed by atoms with van der Waals surface area (Å²) in [6.07, 6.45) is 4.26. The van der Waals surface area contributed by atoms with Crippen LogP contribution in [0, 0.1) is 6.92 Å². The normalized spacial score (nSPS) is 14.2. The number of ether oxygens (including phenoxy) is 1. The zero-order valence-corrected chi connectivity index (χ0v) is 10.8. The Labute approximate surface area is 112 Å². The first-order valence-corrected chi connectivity index (χ1v) is 6.46. The molecule has 3 rings (SSSR count). The van der Waals surface area contributed by atoms with Crippen LogP contribution in [0.4, 0.5) is 0 Å². The molecule has 0 saturated heterocycles. The second kappa shape index (κ2) is 4.84. The molecule has 0 amide bonds. The van der Waals surface area contributed by atoms with Crippen LogP contribution in [0.5, 0.6) is 5.75 Å². The topological polar surface area (TPSA) is 39.2 Å². The molecule has 1 saturated carbocycles. The monoisotopic (exact) mass is 253 g/mol. The van der Waals surface area contributed by atoms with Crippen molar-refractivity contribution in [3.8, 4) is 5.75 Å². The van der Waals surface area contributed by atoms with Crippen LogP contribution >= 0.6 is 0 Å². The summed E-state index contributed by atoms with van der Waals surface area (Å²) in [6.45, 7) is 1.90. The summed E-state index contributed by atoms with van der Waals surface area (Å²) in [5, 5.41) is 0. The van der Waals surface area contributed by atoms with E-state index < -0.39 is 0 Å². The smallest absolute Gasteiger partial charge is 0.194 e. The Kier molecular flexibility index (Phi) is 3.03. The van der Waals surface area contributed by atoms with E-state index in [-0.39, 0.29) is 5.78 Å². The van der Waals surface area contributed by atoms with Crippen molar-refractivity contribution >= 4 is 5.78 Å². The van der Waals surface area contributed by atoms with Crippen LogP contribution in [0.15, 0.2) is 42.6 Å². The van der Waals surface area contributed by atoms with Crippen LogP contribution in [0.25, 0.3) is 0 Å². The van der Waals surface area contributed by atoms with E-state index in [0.717, 1.165) is 24.3 Å². The van der Waals surface area contributed by atoms with Crippen LogP contribution in [-0.4, -0.2) is 16.9 Å². The van der Waals surface area contributed by atoms with E-state index in [1.54, 1.807) is 24.4 Å². The van der Waals surface area contributed by atoms with Gasteiger partial charge in [-0.05, 0) is 56.2 Å². The number of carbonyl (C=O) groups excluding carboxylic acids is 1. The van der Waals surface area contributed by atoms with Crippen molar-refractivity contribution in [1.82, 2.24) is 4.98 Å². The molecule has 3 heteroatoms. The van der Waals surface area contributed by atoms with E-state index in [4.69, 9.17) is 4.74 Å². The third-order valence-corrected chi connectivity index (χ3v) is 3.12. The average Bonchev–Trinajstić information content (AvgIpc) is 3.24. The van der Waals surface area contributed by atoms with Gasteiger partial charge in [-0.3, -0.25) is 9.78 Å². The van der Waals surface area contributed by atoms with Crippen molar-refractivity contribution < 1.29 is 9.53 Å².